The van der Waals surface area contributed by atoms with E-state index in [1.807, 2.05) is 13.8 Å². The van der Waals surface area contributed by atoms with Crippen molar-refractivity contribution >= 4 is 21.4 Å². The highest BCUT2D eigenvalue weighted by Gasteiger charge is 2.27. The number of nitro benzene ring substituents is 1. The number of hydrogen-bond donors (Lipinski definition) is 2. The second kappa shape index (κ2) is 5.54. The molecule has 0 fully saturated rings. The van der Waals surface area contributed by atoms with Gasteiger partial charge in [0.05, 0.1) is 4.92 Å². The Bertz CT molecular complexity index is 584. The van der Waals surface area contributed by atoms with Crippen LogP contribution in [0.4, 0.5) is 11.4 Å². The van der Waals surface area contributed by atoms with E-state index >= 15 is 0 Å². The molecule has 0 amide bonds. The van der Waals surface area contributed by atoms with E-state index in [1.165, 1.54) is 6.07 Å². The van der Waals surface area contributed by atoms with Gasteiger partial charge >= 0.3 is 0 Å². The molecule has 3 N–H and O–H groups in total. The van der Waals surface area contributed by atoms with Gasteiger partial charge in [0.1, 0.15) is 0 Å². The zero-order valence-corrected chi connectivity index (χ0v) is 11.8. The molecule has 0 aliphatic heterocycles. The number of anilines is 1. The van der Waals surface area contributed by atoms with Gasteiger partial charge in [0.2, 0.25) is 10.0 Å². The van der Waals surface area contributed by atoms with E-state index < -0.39 is 20.6 Å². The standard InChI is InChI=1S/C11H17N3O4S/c1-7(2)8(3)13-19(17,18)11-5-4-9(12)6-10(11)14(15)16/h4-8,13H,12H2,1-3H3. The molecular weight excluding hydrogens is 270 g/mol. The highest BCUT2D eigenvalue weighted by Crippen LogP contribution is 2.26. The summed E-state index contributed by atoms with van der Waals surface area (Å²) < 4.78 is 26.7. The van der Waals surface area contributed by atoms with Crippen LogP contribution < -0.4 is 10.5 Å². The number of nitro groups is 1. The lowest BCUT2D eigenvalue weighted by Gasteiger charge is -2.17. The summed E-state index contributed by atoms with van der Waals surface area (Å²) in [6.45, 7) is 5.40. The SMILES string of the molecule is CC(C)C(C)NS(=O)(=O)c1ccc(N)cc1[N+](=O)[O-]. The molecule has 0 aliphatic carbocycles. The number of nitrogens with two attached hydrogens (primary N) is 1. The molecule has 0 radical (unpaired) electrons. The molecule has 1 unspecified atom stereocenters. The second-order valence-electron chi connectivity index (χ2n) is 4.64. The molecule has 0 bridgehead atoms. The predicted octanol–water partition coefficient (Wildman–Crippen LogP) is 1.50. The third-order valence-electron chi connectivity index (χ3n) is 2.81. The molecule has 1 rings (SSSR count). The Kier molecular flexibility index (Phi) is 4.48. The number of nitrogens with one attached hydrogen (secondary N) is 1. The van der Waals surface area contributed by atoms with Gasteiger partial charge in [-0.1, -0.05) is 13.8 Å². The minimum Gasteiger partial charge on any atom is -0.399 e. The van der Waals surface area contributed by atoms with E-state index in [0.717, 1.165) is 12.1 Å². The van der Waals surface area contributed by atoms with Crippen molar-refractivity contribution in [2.24, 2.45) is 5.92 Å². The van der Waals surface area contributed by atoms with Crippen molar-refractivity contribution in [2.45, 2.75) is 31.7 Å². The lowest BCUT2D eigenvalue weighted by atomic mass is 10.1. The molecule has 0 saturated heterocycles. The van der Waals surface area contributed by atoms with Gasteiger partial charge < -0.3 is 5.73 Å². The van der Waals surface area contributed by atoms with Crippen LogP contribution in [0.3, 0.4) is 0 Å². The molecule has 1 aromatic carbocycles. The second-order valence-corrected chi connectivity index (χ2v) is 6.32. The highest BCUT2D eigenvalue weighted by molar-refractivity contribution is 7.89. The molecule has 7 nitrogen and oxygen atoms in total. The molecule has 106 valence electrons. The van der Waals surface area contributed by atoms with Crippen LogP contribution in [0.15, 0.2) is 23.1 Å². The Morgan fingerprint density at radius 3 is 2.37 bits per heavy atom. The van der Waals surface area contributed by atoms with E-state index in [2.05, 4.69) is 4.72 Å². The number of hydrogen-bond acceptors (Lipinski definition) is 5. The summed E-state index contributed by atoms with van der Waals surface area (Å²) in [7, 11) is -3.94. The van der Waals surface area contributed by atoms with Crippen molar-refractivity contribution in [3.05, 3.63) is 28.3 Å². The molecular formula is C11H17N3O4S. The number of benzene rings is 1. The maximum absolute atomic E-state index is 12.1. The molecule has 0 saturated carbocycles. The fourth-order valence-corrected chi connectivity index (χ4v) is 2.89. The zero-order valence-electron chi connectivity index (χ0n) is 11.0. The average molecular weight is 287 g/mol. The molecule has 0 aromatic heterocycles. The quantitative estimate of drug-likeness (QED) is 0.483. The van der Waals surface area contributed by atoms with Crippen LogP contribution in [-0.2, 0) is 10.0 Å². The van der Waals surface area contributed by atoms with Crippen molar-refractivity contribution in [1.29, 1.82) is 0 Å². The first-order chi connectivity index (χ1) is 8.65. The normalized spacial score (nSPS) is 13.5. The number of sulfonamides is 1. The molecule has 0 spiro atoms. The fourth-order valence-electron chi connectivity index (χ4n) is 1.35. The minimum absolute atomic E-state index is 0.0719. The van der Waals surface area contributed by atoms with Crippen LogP contribution in [0.2, 0.25) is 0 Å². The van der Waals surface area contributed by atoms with Crippen molar-refractivity contribution in [1.82, 2.24) is 4.72 Å². The Labute approximate surface area is 112 Å². The summed E-state index contributed by atoms with van der Waals surface area (Å²) >= 11 is 0. The van der Waals surface area contributed by atoms with Gasteiger partial charge in [-0.05, 0) is 25.0 Å². The van der Waals surface area contributed by atoms with Gasteiger partial charge in [0, 0.05) is 17.8 Å². The maximum atomic E-state index is 12.1. The van der Waals surface area contributed by atoms with Gasteiger partial charge in [0.25, 0.3) is 5.69 Å². The van der Waals surface area contributed by atoms with Gasteiger partial charge in [0.15, 0.2) is 4.90 Å². The van der Waals surface area contributed by atoms with Crippen LogP contribution in [-0.4, -0.2) is 19.4 Å². The Balaban J connectivity index is 3.25. The van der Waals surface area contributed by atoms with Crippen LogP contribution in [0.5, 0.6) is 0 Å². The van der Waals surface area contributed by atoms with E-state index in [4.69, 9.17) is 5.73 Å². The van der Waals surface area contributed by atoms with Crippen LogP contribution in [0.1, 0.15) is 20.8 Å². The fraction of sp³-hybridized carbons (Fsp3) is 0.455. The van der Waals surface area contributed by atoms with Crippen LogP contribution >= 0.6 is 0 Å². The minimum atomic E-state index is -3.94. The van der Waals surface area contributed by atoms with Gasteiger partial charge in [-0.3, -0.25) is 10.1 Å². The van der Waals surface area contributed by atoms with E-state index in [1.54, 1.807) is 6.92 Å². The van der Waals surface area contributed by atoms with Crippen molar-refractivity contribution < 1.29 is 13.3 Å². The van der Waals surface area contributed by atoms with Crippen LogP contribution in [0.25, 0.3) is 0 Å². The van der Waals surface area contributed by atoms with E-state index in [0.29, 0.717) is 0 Å². The van der Waals surface area contributed by atoms with Crippen molar-refractivity contribution in [3.63, 3.8) is 0 Å². The Morgan fingerprint density at radius 2 is 1.89 bits per heavy atom. The predicted molar refractivity (Wildman–Crippen MR) is 72.1 cm³/mol. The van der Waals surface area contributed by atoms with Gasteiger partial charge in [-0.2, -0.15) is 0 Å². The third-order valence-corrected chi connectivity index (χ3v) is 4.42. The molecule has 1 atom stereocenters. The summed E-state index contributed by atoms with van der Waals surface area (Å²) in [5.41, 5.74) is 5.06. The van der Waals surface area contributed by atoms with Crippen molar-refractivity contribution in [2.75, 3.05) is 5.73 Å². The summed E-state index contributed by atoms with van der Waals surface area (Å²) in [4.78, 5) is 9.76. The number of nitrogen functional groups attached to an aromatic ring is 1. The highest BCUT2D eigenvalue weighted by atomic mass is 32.2. The van der Waals surface area contributed by atoms with E-state index in [-0.39, 0.29) is 22.5 Å². The summed E-state index contributed by atoms with van der Waals surface area (Å²) in [6, 6.07) is 3.17. The topological polar surface area (TPSA) is 115 Å². The van der Waals surface area contributed by atoms with Crippen LogP contribution in [0, 0.1) is 16.0 Å². The molecule has 19 heavy (non-hydrogen) atoms. The first-order valence-corrected chi connectivity index (χ1v) is 7.19. The Morgan fingerprint density at radius 1 is 1.32 bits per heavy atom. The molecule has 1 aromatic rings. The summed E-state index contributed by atoms with van der Waals surface area (Å²) in [6.07, 6.45) is 0. The monoisotopic (exact) mass is 287 g/mol. The maximum Gasteiger partial charge on any atom is 0.291 e. The van der Waals surface area contributed by atoms with Crippen molar-refractivity contribution in [3.8, 4) is 0 Å². The summed E-state index contributed by atoms with van der Waals surface area (Å²) in [5.74, 6) is 0.0719. The smallest absolute Gasteiger partial charge is 0.291 e. The van der Waals surface area contributed by atoms with Gasteiger partial charge in [-0.25, -0.2) is 13.1 Å². The number of nitrogens with zero attached hydrogens (tertiary/aromatic N) is 1. The zero-order chi connectivity index (χ0) is 14.8. The van der Waals surface area contributed by atoms with E-state index in [9.17, 15) is 18.5 Å². The Hall–Kier alpha value is -1.67. The largest absolute Gasteiger partial charge is 0.399 e. The molecule has 0 aliphatic rings. The first-order valence-electron chi connectivity index (χ1n) is 5.71. The average Bonchev–Trinajstić information content (AvgIpc) is 2.27. The lowest BCUT2D eigenvalue weighted by Crippen LogP contribution is -2.36. The summed E-state index contributed by atoms with van der Waals surface area (Å²) in [5, 5.41) is 10.9. The first kappa shape index (κ1) is 15.4. The molecule has 8 heteroatoms. The third kappa shape index (κ3) is 3.65. The number of rotatable bonds is 5. The molecule has 0 heterocycles. The lowest BCUT2D eigenvalue weighted by molar-refractivity contribution is -0.387. The van der Waals surface area contributed by atoms with Gasteiger partial charge in [-0.15, -0.1) is 0 Å².